The van der Waals surface area contributed by atoms with Crippen LogP contribution in [0.25, 0.3) is 0 Å². The smallest absolute Gasteiger partial charge is 0.242 e. The van der Waals surface area contributed by atoms with Crippen LogP contribution in [0.5, 0.6) is 0 Å². The highest BCUT2D eigenvalue weighted by Gasteiger charge is 2.48. The minimum atomic E-state index is -1.88. The van der Waals surface area contributed by atoms with Crippen LogP contribution in [0.1, 0.15) is 26.5 Å². The number of anilines is 1. The first kappa shape index (κ1) is 19.8. The Labute approximate surface area is 178 Å². The highest BCUT2D eigenvalue weighted by Crippen LogP contribution is 2.43. The van der Waals surface area contributed by atoms with E-state index in [0.29, 0.717) is 11.6 Å². The summed E-state index contributed by atoms with van der Waals surface area (Å²) in [5.74, 6) is 0.402. The van der Waals surface area contributed by atoms with Crippen molar-refractivity contribution in [3.8, 4) is 6.07 Å². The Balaban J connectivity index is 1.68. The molecule has 4 rings (SSSR count). The first-order valence-corrected chi connectivity index (χ1v) is 12.4. The monoisotopic (exact) mass is 419 g/mol. The molecule has 3 aromatic rings. The summed E-state index contributed by atoms with van der Waals surface area (Å²) >= 11 is 1.52. The molecule has 0 amide bonds. The van der Waals surface area contributed by atoms with Crippen molar-refractivity contribution in [2.75, 3.05) is 11.4 Å². The lowest BCUT2D eigenvalue weighted by molar-refractivity contribution is 0.00497. The highest BCUT2D eigenvalue weighted by atomic mass is 32.1. The van der Waals surface area contributed by atoms with Gasteiger partial charge in [-0.2, -0.15) is 5.26 Å². The Kier molecular flexibility index (Phi) is 5.55. The normalized spacial score (nSPS) is 19.1. The van der Waals surface area contributed by atoms with Gasteiger partial charge in [-0.25, -0.2) is 4.98 Å². The minimum absolute atomic E-state index is 0.0372. The molecular formula is C23H25N3OSSi. The van der Waals surface area contributed by atoms with Crippen LogP contribution >= 0.6 is 11.3 Å². The van der Waals surface area contributed by atoms with Crippen molar-refractivity contribution in [1.29, 1.82) is 5.26 Å². The maximum absolute atomic E-state index is 9.16. The number of benzene rings is 2. The Bertz CT molecular complexity index is 955. The molecule has 0 radical (unpaired) electrons. The first-order chi connectivity index (χ1) is 14.0. The molecule has 2 aromatic carbocycles. The van der Waals surface area contributed by atoms with E-state index in [1.54, 1.807) is 0 Å². The summed E-state index contributed by atoms with van der Waals surface area (Å²) in [7, 11) is -1.88. The molecule has 2 unspecified atom stereocenters. The molecule has 0 spiro atoms. The van der Waals surface area contributed by atoms with Crippen LogP contribution in [0, 0.1) is 22.7 Å². The number of hydrogen-bond acceptors (Lipinski definition) is 5. The molecule has 1 aromatic heterocycles. The average molecular weight is 420 g/mol. The van der Waals surface area contributed by atoms with Crippen molar-refractivity contribution in [1.82, 2.24) is 4.98 Å². The fourth-order valence-corrected chi connectivity index (χ4v) is 6.98. The predicted molar refractivity (Wildman–Crippen MR) is 121 cm³/mol. The molecule has 4 nitrogen and oxygen atoms in total. The predicted octanol–water partition coefficient (Wildman–Crippen LogP) is 3.38. The maximum atomic E-state index is 9.16. The van der Waals surface area contributed by atoms with Crippen LogP contribution in [-0.2, 0) is 4.43 Å². The van der Waals surface area contributed by atoms with Gasteiger partial charge in [0.05, 0.1) is 0 Å². The van der Waals surface area contributed by atoms with Gasteiger partial charge in [0.1, 0.15) is 12.3 Å². The largest absolute Gasteiger partial charge is 0.391 e. The standard InChI is InChI=1S/C23H25N3OSSi/c1-23(2,3)20-15-26(22-25-17(14-24)16-28-22)21(20)27-29(18-10-6-4-7-11-18)19-12-8-5-9-13-19/h4-13,16,20-21,29H,15H2,1-3H3. The lowest BCUT2D eigenvalue weighted by atomic mass is 9.74. The fraction of sp³-hybridized carbons (Fsp3) is 0.304. The molecule has 0 aliphatic carbocycles. The summed E-state index contributed by atoms with van der Waals surface area (Å²) in [6.07, 6.45) is -0.0372. The number of thiazole rings is 1. The SMILES string of the molecule is CC(C)(C)C1CN(c2nc(C#N)cs2)C1O[SiH](c1ccccc1)c1ccccc1. The zero-order valence-electron chi connectivity index (χ0n) is 16.9. The van der Waals surface area contributed by atoms with Gasteiger partial charge >= 0.3 is 0 Å². The third-order valence-corrected chi connectivity index (χ3v) is 8.90. The summed E-state index contributed by atoms with van der Waals surface area (Å²) in [5, 5.41) is 14.4. The van der Waals surface area contributed by atoms with Crippen molar-refractivity contribution in [3.05, 3.63) is 71.7 Å². The topological polar surface area (TPSA) is 49.2 Å². The van der Waals surface area contributed by atoms with E-state index in [-0.39, 0.29) is 11.6 Å². The lowest BCUT2D eigenvalue weighted by Crippen LogP contribution is -2.65. The molecule has 0 bridgehead atoms. The molecular weight excluding hydrogens is 394 g/mol. The van der Waals surface area contributed by atoms with Crippen molar-refractivity contribution in [2.24, 2.45) is 11.3 Å². The average Bonchev–Trinajstić information content (AvgIpc) is 3.16. The number of aromatic nitrogens is 1. The molecule has 148 valence electrons. The molecule has 6 heteroatoms. The van der Waals surface area contributed by atoms with Gasteiger partial charge in [-0.3, -0.25) is 0 Å². The maximum Gasteiger partial charge on any atom is 0.242 e. The highest BCUT2D eigenvalue weighted by molar-refractivity contribution is 7.13. The summed E-state index contributed by atoms with van der Waals surface area (Å²) < 4.78 is 6.96. The summed E-state index contributed by atoms with van der Waals surface area (Å²) in [5.41, 5.74) is 0.603. The molecule has 0 saturated carbocycles. The van der Waals surface area contributed by atoms with Crippen molar-refractivity contribution < 1.29 is 4.43 Å². The number of hydrogen-bond donors (Lipinski definition) is 0. The molecule has 1 aliphatic heterocycles. The first-order valence-electron chi connectivity index (χ1n) is 9.85. The Morgan fingerprint density at radius 2 is 1.66 bits per heavy atom. The molecule has 0 N–H and O–H groups in total. The second kappa shape index (κ2) is 8.11. The van der Waals surface area contributed by atoms with Crippen LogP contribution in [0.2, 0.25) is 0 Å². The fourth-order valence-electron chi connectivity index (χ4n) is 3.73. The quantitative estimate of drug-likeness (QED) is 0.595. The summed E-state index contributed by atoms with van der Waals surface area (Å²) in [6, 6.07) is 23.3. The van der Waals surface area contributed by atoms with Crippen LogP contribution < -0.4 is 15.3 Å². The van der Waals surface area contributed by atoms with Crippen molar-refractivity contribution in [3.63, 3.8) is 0 Å². The van der Waals surface area contributed by atoms with E-state index in [4.69, 9.17) is 9.69 Å². The van der Waals surface area contributed by atoms with Gasteiger partial charge < -0.3 is 9.33 Å². The third kappa shape index (κ3) is 4.13. The van der Waals surface area contributed by atoms with E-state index < -0.39 is 9.04 Å². The molecule has 29 heavy (non-hydrogen) atoms. The van der Waals surface area contributed by atoms with E-state index in [0.717, 1.165) is 11.7 Å². The zero-order valence-corrected chi connectivity index (χ0v) is 18.9. The molecule has 2 heterocycles. The molecule has 2 atom stereocenters. The number of nitriles is 1. The van der Waals surface area contributed by atoms with Gasteiger partial charge in [0, 0.05) is 17.8 Å². The van der Waals surface area contributed by atoms with E-state index in [1.165, 1.54) is 21.7 Å². The summed E-state index contributed by atoms with van der Waals surface area (Å²) in [6.45, 7) is 7.72. The van der Waals surface area contributed by atoms with Crippen LogP contribution in [-0.4, -0.2) is 26.8 Å². The third-order valence-electron chi connectivity index (χ3n) is 5.49. The Morgan fingerprint density at radius 1 is 1.07 bits per heavy atom. The van der Waals surface area contributed by atoms with Crippen molar-refractivity contribution in [2.45, 2.75) is 27.0 Å². The lowest BCUT2D eigenvalue weighted by Gasteiger charge is -2.54. The zero-order chi connectivity index (χ0) is 20.4. The van der Waals surface area contributed by atoms with Crippen LogP contribution in [0.15, 0.2) is 66.0 Å². The van der Waals surface area contributed by atoms with E-state index >= 15 is 0 Å². The van der Waals surface area contributed by atoms with E-state index in [2.05, 4.69) is 85.3 Å². The van der Waals surface area contributed by atoms with E-state index in [9.17, 15) is 0 Å². The van der Waals surface area contributed by atoms with Crippen LogP contribution in [0.4, 0.5) is 5.13 Å². The molecule has 1 fully saturated rings. The molecule has 1 saturated heterocycles. The van der Waals surface area contributed by atoms with E-state index in [1.807, 2.05) is 17.5 Å². The van der Waals surface area contributed by atoms with Gasteiger partial charge in [0.25, 0.3) is 0 Å². The van der Waals surface area contributed by atoms with Gasteiger partial charge in [-0.1, -0.05) is 81.4 Å². The van der Waals surface area contributed by atoms with Gasteiger partial charge in [0.15, 0.2) is 10.8 Å². The summed E-state index contributed by atoms with van der Waals surface area (Å²) in [4.78, 5) is 6.72. The second-order valence-corrected chi connectivity index (χ2v) is 11.7. The second-order valence-electron chi connectivity index (χ2n) is 8.48. The number of rotatable bonds is 5. The Hall–Kier alpha value is -2.46. The Morgan fingerprint density at radius 3 is 2.14 bits per heavy atom. The number of nitrogens with zero attached hydrogens (tertiary/aromatic N) is 3. The van der Waals surface area contributed by atoms with Crippen LogP contribution in [0.3, 0.4) is 0 Å². The van der Waals surface area contributed by atoms with Gasteiger partial charge in [-0.05, 0) is 15.8 Å². The van der Waals surface area contributed by atoms with Gasteiger partial charge in [-0.15, -0.1) is 11.3 Å². The molecule has 1 aliphatic rings. The van der Waals surface area contributed by atoms with Gasteiger partial charge in [0.2, 0.25) is 9.04 Å². The van der Waals surface area contributed by atoms with Crippen molar-refractivity contribution >= 4 is 35.9 Å². The minimum Gasteiger partial charge on any atom is -0.391 e.